The second-order valence-electron chi connectivity index (χ2n) is 6.84. The number of halogens is 1. The maximum absolute atomic E-state index is 6.09. The van der Waals surface area contributed by atoms with Crippen molar-refractivity contribution in [1.82, 2.24) is 4.98 Å². The summed E-state index contributed by atoms with van der Waals surface area (Å²) >= 11 is 6.05. The molecule has 1 saturated carbocycles. The molecular formula is C20H25ClN4. The third kappa shape index (κ3) is 4.73. The van der Waals surface area contributed by atoms with Crippen molar-refractivity contribution in [2.75, 3.05) is 5.32 Å². The molecule has 0 bridgehead atoms. The average Bonchev–Trinajstić information content (AvgIpc) is 2.59. The summed E-state index contributed by atoms with van der Waals surface area (Å²) in [5, 5.41) is 3.92. The van der Waals surface area contributed by atoms with E-state index in [4.69, 9.17) is 17.3 Å². The van der Waals surface area contributed by atoms with Crippen molar-refractivity contribution in [1.29, 1.82) is 0 Å². The molecule has 25 heavy (non-hydrogen) atoms. The number of nitrogens with one attached hydrogen (secondary N) is 1. The van der Waals surface area contributed by atoms with Crippen LogP contribution < -0.4 is 11.1 Å². The minimum Gasteiger partial charge on any atom is -0.370 e. The fourth-order valence-electron chi connectivity index (χ4n) is 3.46. The number of nitrogens with zero attached hydrogens (tertiary/aromatic N) is 2. The molecule has 0 saturated heterocycles. The van der Waals surface area contributed by atoms with Gasteiger partial charge in [-0.25, -0.2) is 4.99 Å². The van der Waals surface area contributed by atoms with Crippen LogP contribution in [0.5, 0.6) is 0 Å². The van der Waals surface area contributed by atoms with Crippen LogP contribution in [-0.2, 0) is 0 Å². The molecule has 3 N–H and O–H groups in total. The first-order valence-electron chi connectivity index (χ1n) is 8.80. The van der Waals surface area contributed by atoms with Crippen molar-refractivity contribution >= 4 is 23.2 Å². The van der Waals surface area contributed by atoms with Gasteiger partial charge in [0.2, 0.25) is 0 Å². The van der Waals surface area contributed by atoms with Gasteiger partial charge in [0, 0.05) is 22.6 Å². The van der Waals surface area contributed by atoms with Crippen LogP contribution in [0.1, 0.15) is 48.4 Å². The monoisotopic (exact) mass is 356 g/mol. The van der Waals surface area contributed by atoms with Gasteiger partial charge in [-0.15, -0.1) is 0 Å². The molecule has 1 aromatic carbocycles. The molecule has 5 heteroatoms. The van der Waals surface area contributed by atoms with Gasteiger partial charge in [0.05, 0.1) is 6.04 Å². The molecule has 0 aliphatic heterocycles. The maximum atomic E-state index is 6.09. The first-order chi connectivity index (χ1) is 12.0. The molecule has 132 valence electrons. The van der Waals surface area contributed by atoms with Crippen LogP contribution in [0.3, 0.4) is 0 Å². The highest BCUT2D eigenvalue weighted by atomic mass is 35.5. The summed E-state index contributed by atoms with van der Waals surface area (Å²) in [4.78, 5) is 8.95. The molecule has 0 spiro atoms. The Labute approximate surface area is 154 Å². The predicted octanol–water partition coefficient (Wildman–Crippen LogP) is 4.80. The van der Waals surface area contributed by atoms with Crippen LogP contribution in [0.4, 0.5) is 5.69 Å². The zero-order valence-electron chi connectivity index (χ0n) is 14.8. The fourth-order valence-corrected chi connectivity index (χ4v) is 3.58. The standard InChI is InChI=1S/C20H25ClN4/c1-13-11-18(7-8-19(13)21)25-20(22)24-17-5-3-15(4-6-17)16-9-10-23-14(2)12-16/h7-12,15,17H,3-6H2,1-2H3,(H3,22,24,25). The van der Waals surface area contributed by atoms with Crippen molar-refractivity contribution in [3.8, 4) is 0 Å². The van der Waals surface area contributed by atoms with Crippen LogP contribution in [0.25, 0.3) is 0 Å². The van der Waals surface area contributed by atoms with Gasteiger partial charge in [-0.2, -0.15) is 0 Å². The third-order valence-electron chi connectivity index (χ3n) is 4.84. The van der Waals surface area contributed by atoms with Gasteiger partial charge in [0.25, 0.3) is 0 Å². The lowest BCUT2D eigenvalue weighted by Gasteiger charge is -2.27. The quantitative estimate of drug-likeness (QED) is 0.613. The lowest BCUT2D eigenvalue weighted by atomic mass is 9.82. The van der Waals surface area contributed by atoms with Gasteiger partial charge < -0.3 is 11.1 Å². The number of nitrogens with two attached hydrogens (primary N) is 1. The number of aromatic nitrogens is 1. The van der Waals surface area contributed by atoms with Gasteiger partial charge in [0.1, 0.15) is 0 Å². The second kappa shape index (κ2) is 7.87. The van der Waals surface area contributed by atoms with E-state index >= 15 is 0 Å². The molecule has 2 aromatic rings. The molecule has 0 unspecified atom stereocenters. The Bertz CT molecular complexity index is 764. The SMILES string of the molecule is Cc1cc(C2CCC(N=C(N)Nc3ccc(Cl)c(C)c3)CC2)ccn1. The van der Waals surface area contributed by atoms with Gasteiger partial charge in [-0.05, 0) is 86.9 Å². The largest absolute Gasteiger partial charge is 0.370 e. The van der Waals surface area contributed by atoms with Gasteiger partial charge in [-0.1, -0.05) is 11.6 Å². The van der Waals surface area contributed by atoms with Crippen molar-refractivity contribution in [3.63, 3.8) is 0 Å². The minimum atomic E-state index is 0.292. The summed E-state index contributed by atoms with van der Waals surface area (Å²) in [6, 6.07) is 10.4. The van der Waals surface area contributed by atoms with Crippen molar-refractivity contribution in [2.24, 2.45) is 10.7 Å². The second-order valence-corrected chi connectivity index (χ2v) is 7.25. The van der Waals surface area contributed by atoms with E-state index < -0.39 is 0 Å². The Kier molecular flexibility index (Phi) is 5.59. The van der Waals surface area contributed by atoms with Crippen molar-refractivity contribution in [3.05, 3.63) is 58.4 Å². The predicted molar refractivity (Wildman–Crippen MR) is 105 cm³/mol. The molecule has 1 fully saturated rings. The molecule has 0 radical (unpaired) electrons. The minimum absolute atomic E-state index is 0.292. The topological polar surface area (TPSA) is 63.3 Å². The van der Waals surface area contributed by atoms with Crippen LogP contribution in [0.15, 0.2) is 41.5 Å². The Balaban J connectivity index is 1.57. The Morgan fingerprint density at radius 3 is 2.60 bits per heavy atom. The smallest absolute Gasteiger partial charge is 0.193 e. The molecule has 1 heterocycles. The van der Waals surface area contributed by atoms with Crippen molar-refractivity contribution in [2.45, 2.75) is 51.5 Å². The molecule has 1 aliphatic carbocycles. The number of rotatable bonds is 3. The number of guanidine groups is 1. The van der Waals surface area contributed by atoms with Crippen LogP contribution in [0, 0.1) is 13.8 Å². The first kappa shape index (κ1) is 17.7. The molecule has 3 rings (SSSR count). The summed E-state index contributed by atoms with van der Waals surface area (Å²) in [6.45, 7) is 4.02. The Morgan fingerprint density at radius 2 is 1.92 bits per heavy atom. The number of aryl methyl sites for hydroxylation is 2. The van der Waals surface area contributed by atoms with Gasteiger partial charge in [-0.3, -0.25) is 4.98 Å². The van der Waals surface area contributed by atoms with E-state index in [0.29, 0.717) is 17.9 Å². The number of pyridine rings is 1. The van der Waals surface area contributed by atoms with Gasteiger partial charge in [0.15, 0.2) is 5.96 Å². The number of hydrogen-bond donors (Lipinski definition) is 2. The highest BCUT2D eigenvalue weighted by Crippen LogP contribution is 2.34. The number of aliphatic imine (C=N–C) groups is 1. The number of benzene rings is 1. The van der Waals surface area contributed by atoms with E-state index in [0.717, 1.165) is 47.7 Å². The van der Waals surface area contributed by atoms with E-state index in [9.17, 15) is 0 Å². The fraction of sp³-hybridized carbons (Fsp3) is 0.400. The van der Waals surface area contributed by atoms with E-state index in [2.05, 4.69) is 27.4 Å². The zero-order chi connectivity index (χ0) is 17.8. The molecular weight excluding hydrogens is 332 g/mol. The van der Waals surface area contributed by atoms with E-state index in [1.165, 1.54) is 5.56 Å². The molecule has 1 aliphatic rings. The van der Waals surface area contributed by atoms with Crippen molar-refractivity contribution < 1.29 is 0 Å². The van der Waals surface area contributed by atoms with E-state index in [-0.39, 0.29) is 0 Å². The Morgan fingerprint density at radius 1 is 1.16 bits per heavy atom. The first-order valence-corrected chi connectivity index (χ1v) is 9.18. The van der Waals surface area contributed by atoms with Crippen LogP contribution >= 0.6 is 11.6 Å². The lowest BCUT2D eigenvalue weighted by Crippen LogP contribution is -2.27. The maximum Gasteiger partial charge on any atom is 0.193 e. The highest BCUT2D eigenvalue weighted by molar-refractivity contribution is 6.31. The number of hydrogen-bond acceptors (Lipinski definition) is 2. The van der Waals surface area contributed by atoms with Gasteiger partial charge >= 0.3 is 0 Å². The zero-order valence-corrected chi connectivity index (χ0v) is 15.6. The molecule has 4 nitrogen and oxygen atoms in total. The highest BCUT2D eigenvalue weighted by Gasteiger charge is 2.22. The third-order valence-corrected chi connectivity index (χ3v) is 5.26. The summed E-state index contributed by atoms with van der Waals surface area (Å²) in [6.07, 6.45) is 6.32. The summed E-state index contributed by atoms with van der Waals surface area (Å²) in [5.74, 6) is 1.09. The normalized spacial score (nSPS) is 21.2. The molecule has 0 atom stereocenters. The Hall–Kier alpha value is -2.07. The summed E-state index contributed by atoms with van der Waals surface area (Å²) in [5.41, 5.74) is 10.5. The number of anilines is 1. The molecule has 1 aromatic heterocycles. The van der Waals surface area contributed by atoms with Crippen LogP contribution in [0.2, 0.25) is 5.02 Å². The average molecular weight is 357 g/mol. The molecule has 0 amide bonds. The lowest BCUT2D eigenvalue weighted by molar-refractivity contribution is 0.397. The van der Waals surface area contributed by atoms with E-state index in [1.54, 1.807) is 0 Å². The van der Waals surface area contributed by atoms with E-state index in [1.807, 2.05) is 38.2 Å². The summed E-state index contributed by atoms with van der Waals surface area (Å²) < 4.78 is 0. The van der Waals surface area contributed by atoms with Crippen LogP contribution in [-0.4, -0.2) is 17.0 Å². The summed E-state index contributed by atoms with van der Waals surface area (Å²) in [7, 11) is 0.